The second kappa shape index (κ2) is 11.9. The smallest absolute Gasteiger partial charge is 0.437 e. The topological polar surface area (TPSA) is 130 Å². The first-order chi connectivity index (χ1) is 18.4. The molecule has 0 spiro atoms. The molecule has 0 saturated carbocycles. The van der Waals surface area contributed by atoms with E-state index in [-0.39, 0.29) is 49.8 Å². The van der Waals surface area contributed by atoms with Gasteiger partial charge in [-0.2, -0.15) is 0 Å². The molecule has 0 amide bonds. The number of Topliss-reactive ketones (excluding diaryl/α,β-unsaturated/α-hetero) is 2. The molecule has 4 bridgehead atoms. The second-order valence-corrected chi connectivity index (χ2v) is 13.8. The van der Waals surface area contributed by atoms with Crippen LogP contribution < -0.4 is 0 Å². The molecular formula is C26H43N2O10P. The minimum Gasteiger partial charge on any atom is -0.437 e. The molecule has 222 valence electrons. The summed E-state index contributed by atoms with van der Waals surface area (Å²) in [7, 11) is -1.43. The number of carbonyl (C=O) groups is 3. The minimum atomic E-state index is -4.44. The highest BCUT2D eigenvalue weighted by Gasteiger charge is 2.56. The Bertz CT molecular complexity index is 912. The Hall–Kier alpha value is -1.24. The van der Waals surface area contributed by atoms with Gasteiger partial charge in [0.25, 0.3) is 0 Å². The van der Waals surface area contributed by atoms with Crippen LogP contribution in [-0.4, -0.2) is 112 Å². The number of hydrogen-bond acceptors (Lipinski definition) is 12. The molecule has 2 unspecified atom stereocenters. The number of esters is 1. The lowest BCUT2D eigenvalue weighted by Crippen LogP contribution is -2.69. The van der Waals surface area contributed by atoms with Crippen LogP contribution in [0.15, 0.2) is 0 Å². The predicted molar refractivity (Wildman–Crippen MR) is 139 cm³/mol. The summed E-state index contributed by atoms with van der Waals surface area (Å²) in [5.41, 5.74) is -3.07. The SMILES string of the molecule is COCC1(COP(=O)(OCOC(=O)C(C)(C)C)OCC2(COC)C(=O)C3CCN2CC3)C(=O)C2CCN1CC2. The van der Waals surface area contributed by atoms with Crippen LogP contribution in [0.5, 0.6) is 0 Å². The maximum Gasteiger partial charge on any atom is 0.477 e. The summed E-state index contributed by atoms with van der Waals surface area (Å²) in [6.45, 7) is 6.68. The number of methoxy groups -OCH3 is 2. The third kappa shape index (κ3) is 6.04. The molecule has 12 nitrogen and oxygen atoms in total. The molecule has 6 saturated heterocycles. The first kappa shape index (κ1) is 30.7. The third-order valence-electron chi connectivity index (χ3n) is 8.56. The van der Waals surface area contributed by atoms with Crippen LogP contribution in [-0.2, 0) is 46.7 Å². The van der Waals surface area contributed by atoms with E-state index in [1.165, 1.54) is 14.2 Å². The van der Waals surface area contributed by atoms with Gasteiger partial charge in [-0.15, -0.1) is 0 Å². The van der Waals surface area contributed by atoms with Crippen molar-refractivity contribution in [1.82, 2.24) is 9.80 Å². The van der Waals surface area contributed by atoms with E-state index in [9.17, 15) is 18.9 Å². The number of ether oxygens (including phenoxy) is 3. The number of ketones is 2. The fraction of sp³-hybridized carbons (Fsp3) is 0.885. The van der Waals surface area contributed by atoms with Gasteiger partial charge < -0.3 is 14.2 Å². The molecule has 6 rings (SSSR count). The number of fused-ring (bicyclic) bond motifs is 6. The van der Waals surface area contributed by atoms with Crippen LogP contribution in [0.4, 0.5) is 0 Å². The standard InChI is InChI=1S/C26H43N2O10P/c1-24(2,3)23(31)35-18-38-39(32,36-16-25(14-33-4)21(29)19-6-10-27(25)11-7-19)37-17-26(15-34-5)22(30)20-8-12-28(26)13-9-20/h19-20H,6-18H2,1-5H3. The van der Waals surface area contributed by atoms with E-state index in [1.54, 1.807) is 20.8 Å². The first-order valence-corrected chi connectivity index (χ1v) is 15.1. The van der Waals surface area contributed by atoms with Crippen LogP contribution in [0.2, 0.25) is 0 Å². The van der Waals surface area contributed by atoms with E-state index in [0.717, 1.165) is 25.7 Å². The molecule has 6 heterocycles. The molecular weight excluding hydrogens is 531 g/mol. The van der Waals surface area contributed by atoms with Crippen molar-refractivity contribution < 1.29 is 46.7 Å². The molecule has 13 heteroatoms. The van der Waals surface area contributed by atoms with Crippen molar-refractivity contribution >= 4 is 25.4 Å². The molecule has 6 aliphatic rings. The summed E-state index contributed by atoms with van der Waals surface area (Å²) >= 11 is 0. The average molecular weight is 575 g/mol. The van der Waals surface area contributed by atoms with Crippen molar-refractivity contribution in [2.75, 3.05) is 73.6 Å². The predicted octanol–water partition coefficient (Wildman–Crippen LogP) is 2.05. The average Bonchev–Trinajstić information content (AvgIpc) is 2.91. The number of rotatable bonds is 13. The van der Waals surface area contributed by atoms with E-state index in [0.29, 0.717) is 26.2 Å². The number of carbonyl (C=O) groups excluding carboxylic acids is 3. The Labute approximate surface area is 230 Å². The Kier molecular flexibility index (Phi) is 9.40. The van der Waals surface area contributed by atoms with E-state index >= 15 is 0 Å². The molecule has 0 aliphatic carbocycles. The number of phosphoric acid groups is 1. The number of hydrogen-bond donors (Lipinski definition) is 0. The van der Waals surface area contributed by atoms with Gasteiger partial charge in [0.15, 0.2) is 11.6 Å². The van der Waals surface area contributed by atoms with Gasteiger partial charge in [-0.3, -0.25) is 33.2 Å². The molecule has 6 fully saturated rings. The molecule has 0 radical (unpaired) electrons. The fourth-order valence-corrected chi connectivity index (χ4v) is 7.41. The summed E-state index contributed by atoms with van der Waals surface area (Å²) in [6.07, 6.45) is 3.04. The molecule has 0 aromatic rings. The number of phosphoric ester groups is 1. The van der Waals surface area contributed by atoms with E-state index in [1.807, 2.05) is 9.80 Å². The highest BCUT2D eigenvalue weighted by atomic mass is 31.2. The quantitative estimate of drug-likeness (QED) is 0.181. The molecule has 6 aliphatic heterocycles. The summed E-state index contributed by atoms with van der Waals surface area (Å²) < 4.78 is 47.3. The van der Waals surface area contributed by atoms with Gasteiger partial charge >= 0.3 is 13.8 Å². The zero-order chi connectivity index (χ0) is 28.5. The Morgan fingerprint density at radius 1 is 0.795 bits per heavy atom. The Morgan fingerprint density at radius 2 is 1.21 bits per heavy atom. The summed E-state index contributed by atoms with van der Waals surface area (Å²) in [5, 5.41) is 0. The van der Waals surface area contributed by atoms with E-state index in [4.69, 9.17) is 27.8 Å². The van der Waals surface area contributed by atoms with Gasteiger partial charge in [-0.1, -0.05) is 0 Å². The Balaban J connectivity index is 1.54. The maximum absolute atomic E-state index is 14.0. The molecule has 0 aromatic carbocycles. The fourth-order valence-electron chi connectivity index (χ4n) is 6.27. The van der Waals surface area contributed by atoms with Crippen LogP contribution in [0, 0.1) is 17.3 Å². The van der Waals surface area contributed by atoms with Crippen LogP contribution in [0.3, 0.4) is 0 Å². The zero-order valence-corrected chi connectivity index (χ0v) is 24.7. The van der Waals surface area contributed by atoms with E-state index < -0.39 is 37.1 Å². The zero-order valence-electron chi connectivity index (χ0n) is 23.8. The number of nitrogens with zero attached hydrogens (tertiary/aromatic N) is 2. The number of piperidine rings is 6. The molecule has 39 heavy (non-hydrogen) atoms. The monoisotopic (exact) mass is 574 g/mol. The van der Waals surface area contributed by atoms with Crippen LogP contribution in [0.1, 0.15) is 46.5 Å². The van der Waals surface area contributed by atoms with Gasteiger partial charge in [0.1, 0.15) is 11.1 Å². The first-order valence-electron chi connectivity index (χ1n) is 13.7. The van der Waals surface area contributed by atoms with Gasteiger partial charge in [0.05, 0.1) is 31.8 Å². The summed E-state index contributed by atoms with van der Waals surface area (Å²) in [5.74, 6) is -0.826. The highest BCUT2D eigenvalue weighted by Crippen LogP contribution is 2.53. The van der Waals surface area contributed by atoms with Crippen LogP contribution in [0.25, 0.3) is 0 Å². The van der Waals surface area contributed by atoms with Crippen molar-refractivity contribution in [2.45, 2.75) is 57.5 Å². The normalized spacial score (nSPS) is 35.7. The van der Waals surface area contributed by atoms with Gasteiger partial charge in [0, 0.05) is 26.1 Å². The van der Waals surface area contributed by atoms with Crippen molar-refractivity contribution in [2.24, 2.45) is 17.3 Å². The second-order valence-electron chi connectivity index (χ2n) is 12.1. The minimum absolute atomic E-state index is 0.0192. The van der Waals surface area contributed by atoms with Gasteiger partial charge in [-0.25, -0.2) is 9.09 Å². The Morgan fingerprint density at radius 3 is 1.54 bits per heavy atom. The maximum atomic E-state index is 14.0. The van der Waals surface area contributed by atoms with Crippen molar-refractivity contribution in [3.8, 4) is 0 Å². The summed E-state index contributed by atoms with van der Waals surface area (Å²) in [6, 6.07) is 0. The van der Waals surface area contributed by atoms with Crippen molar-refractivity contribution in [3.63, 3.8) is 0 Å². The highest BCUT2D eigenvalue weighted by molar-refractivity contribution is 7.48. The van der Waals surface area contributed by atoms with Gasteiger partial charge in [0.2, 0.25) is 6.79 Å². The lowest BCUT2D eigenvalue weighted by atomic mass is 9.74. The van der Waals surface area contributed by atoms with Gasteiger partial charge in [-0.05, 0) is 72.6 Å². The van der Waals surface area contributed by atoms with E-state index in [2.05, 4.69) is 0 Å². The lowest BCUT2D eigenvalue weighted by molar-refractivity contribution is -0.163. The molecule has 0 N–H and O–H groups in total. The molecule has 2 atom stereocenters. The third-order valence-corrected chi connectivity index (χ3v) is 9.87. The summed E-state index contributed by atoms with van der Waals surface area (Å²) in [4.78, 5) is 43.1. The van der Waals surface area contributed by atoms with Crippen molar-refractivity contribution in [3.05, 3.63) is 0 Å². The largest absolute Gasteiger partial charge is 0.477 e. The molecule has 0 aromatic heterocycles. The van der Waals surface area contributed by atoms with Crippen LogP contribution >= 0.6 is 7.82 Å². The van der Waals surface area contributed by atoms with Crippen molar-refractivity contribution in [1.29, 1.82) is 0 Å². The lowest BCUT2D eigenvalue weighted by Gasteiger charge is -2.52.